The van der Waals surface area contributed by atoms with Gasteiger partial charge in [0.05, 0.1) is 5.69 Å². The Balaban J connectivity index is 2.68. The molecule has 0 aliphatic heterocycles. The van der Waals surface area contributed by atoms with Crippen LogP contribution < -0.4 is 5.56 Å². The monoisotopic (exact) mass is 221 g/mol. The standard InChI is InChI=1S/C10H8ClN3O/c1-6-8(7-2-4-12-5-3-7)13-10(11)14-9(6)15/h2-5H,1H3,(H,13,14,15). The van der Waals surface area contributed by atoms with E-state index in [0.717, 1.165) is 5.56 Å². The minimum absolute atomic E-state index is 0.0948. The van der Waals surface area contributed by atoms with Crippen molar-refractivity contribution in [2.75, 3.05) is 0 Å². The van der Waals surface area contributed by atoms with Crippen LogP contribution in [0.5, 0.6) is 0 Å². The van der Waals surface area contributed by atoms with Gasteiger partial charge in [0, 0.05) is 23.5 Å². The van der Waals surface area contributed by atoms with E-state index in [9.17, 15) is 4.79 Å². The largest absolute Gasteiger partial charge is 0.297 e. The highest BCUT2D eigenvalue weighted by Crippen LogP contribution is 2.18. The number of aromatic nitrogens is 3. The Bertz CT molecular complexity index is 536. The van der Waals surface area contributed by atoms with E-state index in [0.29, 0.717) is 11.3 Å². The molecule has 2 heterocycles. The molecular formula is C10H8ClN3O. The van der Waals surface area contributed by atoms with Crippen molar-refractivity contribution in [3.05, 3.63) is 45.7 Å². The summed E-state index contributed by atoms with van der Waals surface area (Å²) in [5.41, 5.74) is 1.74. The van der Waals surface area contributed by atoms with E-state index in [4.69, 9.17) is 11.6 Å². The minimum atomic E-state index is -0.221. The van der Waals surface area contributed by atoms with Gasteiger partial charge in [0.25, 0.3) is 5.56 Å². The third-order valence-corrected chi connectivity index (χ3v) is 2.26. The Morgan fingerprint density at radius 3 is 2.67 bits per heavy atom. The molecule has 4 nitrogen and oxygen atoms in total. The lowest BCUT2D eigenvalue weighted by Crippen LogP contribution is -2.12. The van der Waals surface area contributed by atoms with Gasteiger partial charge in [-0.05, 0) is 30.7 Å². The number of rotatable bonds is 1. The maximum atomic E-state index is 11.4. The summed E-state index contributed by atoms with van der Waals surface area (Å²) in [5.74, 6) is 0. The minimum Gasteiger partial charge on any atom is -0.297 e. The van der Waals surface area contributed by atoms with Crippen LogP contribution in [0.2, 0.25) is 5.28 Å². The van der Waals surface area contributed by atoms with E-state index in [1.165, 1.54) is 0 Å². The molecule has 0 bridgehead atoms. The first-order valence-corrected chi connectivity index (χ1v) is 4.73. The molecule has 0 aliphatic carbocycles. The van der Waals surface area contributed by atoms with Gasteiger partial charge in [0.15, 0.2) is 0 Å². The van der Waals surface area contributed by atoms with E-state index in [1.807, 2.05) is 0 Å². The quantitative estimate of drug-likeness (QED) is 0.747. The van der Waals surface area contributed by atoms with Crippen molar-refractivity contribution in [2.24, 2.45) is 0 Å². The molecule has 0 aromatic carbocycles. The van der Waals surface area contributed by atoms with E-state index in [2.05, 4.69) is 15.0 Å². The number of pyridine rings is 1. The van der Waals surface area contributed by atoms with Crippen LogP contribution in [-0.2, 0) is 0 Å². The lowest BCUT2D eigenvalue weighted by atomic mass is 10.1. The van der Waals surface area contributed by atoms with Crippen molar-refractivity contribution in [2.45, 2.75) is 6.92 Å². The number of nitrogens with zero attached hydrogens (tertiary/aromatic N) is 2. The van der Waals surface area contributed by atoms with Gasteiger partial charge in [-0.2, -0.15) is 0 Å². The second-order valence-electron chi connectivity index (χ2n) is 3.07. The van der Waals surface area contributed by atoms with Gasteiger partial charge in [-0.25, -0.2) is 4.98 Å². The van der Waals surface area contributed by atoms with Gasteiger partial charge in [0.2, 0.25) is 5.28 Å². The summed E-state index contributed by atoms with van der Waals surface area (Å²) in [6.45, 7) is 1.71. The highest BCUT2D eigenvalue weighted by atomic mass is 35.5. The van der Waals surface area contributed by atoms with Crippen LogP contribution >= 0.6 is 11.6 Å². The van der Waals surface area contributed by atoms with Crippen LogP contribution in [0.15, 0.2) is 29.3 Å². The predicted molar refractivity (Wildman–Crippen MR) is 57.8 cm³/mol. The number of hydrogen-bond donors (Lipinski definition) is 1. The molecule has 0 aliphatic rings. The van der Waals surface area contributed by atoms with E-state index in [-0.39, 0.29) is 10.8 Å². The Morgan fingerprint density at radius 1 is 1.33 bits per heavy atom. The first-order valence-electron chi connectivity index (χ1n) is 4.35. The van der Waals surface area contributed by atoms with Crippen LogP contribution in [0.1, 0.15) is 5.56 Å². The molecule has 0 radical (unpaired) electrons. The zero-order valence-electron chi connectivity index (χ0n) is 7.99. The molecule has 0 amide bonds. The van der Waals surface area contributed by atoms with Crippen LogP contribution in [0.25, 0.3) is 11.3 Å². The molecule has 15 heavy (non-hydrogen) atoms. The molecule has 0 spiro atoms. The molecule has 5 heteroatoms. The maximum absolute atomic E-state index is 11.4. The summed E-state index contributed by atoms with van der Waals surface area (Å²) in [4.78, 5) is 21.9. The molecule has 0 fully saturated rings. The fraction of sp³-hybridized carbons (Fsp3) is 0.100. The normalized spacial score (nSPS) is 10.3. The number of nitrogens with one attached hydrogen (secondary N) is 1. The Hall–Kier alpha value is -1.68. The van der Waals surface area contributed by atoms with Crippen LogP contribution in [0, 0.1) is 6.92 Å². The lowest BCUT2D eigenvalue weighted by molar-refractivity contribution is 1.08. The van der Waals surface area contributed by atoms with Gasteiger partial charge in [-0.1, -0.05) is 0 Å². The first kappa shape index (κ1) is 9.86. The summed E-state index contributed by atoms with van der Waals surface area (Å²) in [7, 11) is 0. The van der Waals surface area contributed by atoms with Gasteiger partial charge >= 0.3 is 0 Å². The Morgan fingerprint density at radius 2 is 2.00 bits per heavy atom. The summed E-state index contributed by atoms with van der Waals surface area (Å²) >= 11 is 5.69. The van der Waals surface area contributed by atoms with Crippen LogP contribution in [0.4, 0.5) is 0 Å². The van der Waals surface area contributed by atoms with Gasteiger partial charge < -0.3 is 0 Å². The van der Waals surface area contributed by atoms with Gasteiger partial charge in [0.1, 0.15) is 0 Å². The Labute approximate surface area is 91.0 Å². The SMILES string of the molecule is Cc1c(-c2ccncc2)nc(Cl)[nH]c1=O. The number of aromatic amines is 1. The number of H-pyrrole nitrogens is 1. The van der Waals surface area contributed by atoms with Crippen molar-refractivity contribution in [1.82, 2.24) is 15.0 Å². The zero-order chi connectivity index (χ0) is 10.8. The number of hydrogen-bond acceptors (Lipinski definition) is 3. The molecule has 76 valence electrons. The van der Waals surface area contributed by atoms with Crippen molar-refractivity contribution in [3.63, 3.8) is 0 Å². The third-order valence-electron chi connectivity index (χ3n) is 2.08. The van der Waals surface area contributed by atoms with Crippen molar-refractivity contribution < 1.29 is 0 Å². The smallest absolute Gasteiger partial charge is 0.255 e. The summed E-state index contributed by atoms with van der Waals surface area (Å²) in [6, 6.07) is 3.57. The molecular weight excluding hydrogens is 214 g/mol. The zero-order valence-corrected chi connectivity index (χ0v) is 8.75. The molecule has 1 N–H and O–H groups in total. The molecule has 2 aromatic rings. The molecule has 2 rings (SSSR count). The first-order chi connectivity index (χ1) is 7.18. The molecule has 0 saturated heterocycles. The molecule has 0 atom stereocenters. The fourth-order valence-electron chi connectivity index (χ4n) is 1.30. The van der Waals surface area contributed by atoms with Crippen molar-refractivity contribution in [3.8, 4) is 11.3 Å². The van der Waals surface area contributed by atoms with E-state index < -0.39 is 0 Å². The average molecular weight is 222 g/mol. The maximum Gasteiger partial charge on any atom is 0.255 e. The fourth-order valence-corrected chi connectivity index (χ4v) is 1.47. The average Bonchev–Trinajstić information content (AvgIpc) is 2.24. The van der Waals surface area contributed by atoms with Crippen molar-refractivity contribution in [1.29, 1.82) is 0 Å². The topological polar surface area (TPSA) is 58.6 Å². The van der Waals surface area contributed by atoms with E-state index >= 15 is 0 Å². The highest BCUT2D eigenvalue weighted by molar-refractivity contribution is 6.28. The molecule has 2 aromatic heterocycles. The van der Waals surface area contributed by atoms with Gasteiger partial charge in [-0.3, -0.25) is 14.8 Å². The summed E-state index contributed by atoms with van der Waals surface area (Å²) in [5, 5.41) is 0.0948. The van der Waals surface area contributed by atoms with E-state index in [1.54, 1.807) is 31.5 Å². The third kappa shape index (κ3) is 1.89. The van der Waals surface area contributed by atoms with Crippen LogP contribution in [0.3, 0.4) is 0 Å². The summed E-state index contributed by atoms with van der Waals surface area (Å²) in [6.07, 6.45) is 3.29. The number of halogens is 1. The van der Waals surface area contributed by atoms with Crippen LogP contribution in [-0.4, -0.2) is 15.0 Å². The Kier molecular flexibility index (Phi) is 2.51. The lowest BCUT2D eigenvalue weighted by Gasteiger charge is -2.03. The summed E-state index contributed by atoms with van der Waals surface area (Å²) < 4.78 is 0. The molecule has 0 saturated carbocycles. The highest BCUT2D eigenvalue weighted by Gasteiger charge is 2.07. The molecule has 0 unspecified atom stereocenters. The second-order valence-corrected chi connectivity index (χ2v) is 3.42. The predicted octanol–water partition coefficient (Wildman–Crippen LogP) is 1.79. The second kappa shape index (κ2) is 3.82. The van der Waals surface area contributed by atoms with Crippen molar-refractivity contribution >= 4 is 11.6 Å². The van der Waals surface area contributed by atoms with Gasteiger partial charge in [-0.15, -0.1) is 0 Å².